The Bertz CT molecular complexity index is 1100. The Morgan fingerprint density at radius 3 is 2.96 bits per heavy atom. The van der Waals surface area contributed by atoms with Crippen LogP contribution in [0.1, 0.15) is 23.9 Å². The van der Waals surface area contributed by atoms with Crippen molar-refractivity contribution in [1.82, 2.24) is 24.7 Å². The molecule has 132 valence electrons. The monoisotopic (exact) mass is 366 g/mol. The normalized spacial score (nSPS) is 12.2. The molecule has 0 fully saturated rings. The maximum atomic E-state index is 12.9. The summed E-state index contributed by atoms with van der Waals surface area (Å²) in [5.41, 5.74) is 3.91. The van der Waals surface area contributed by atoms with Crippen molar-refractivity contribution in [2.45, 2.75) is 20.3 Å². The maximum Gasteiger partial charge on any atom is 0.282 e. The van der Waals surface area contributed by atoms with Crippen LogP contribution in [0.5, 0.6) is 0 Å². The highest BCUT2D eigenvalue weighted by Gasteiger charge is 2.17. The third kappa shape index (κ3) is 2.99. The molecule has 0 aliphatic heterocycles. The van der Waals surface area contributed by atoms with Gasteiger partial charge in [0.1, 0.15) is 0 Å². The zero-order valence-electron chi connectivity index (χ0n) is 14.5. The highest BCUT2D eigenvalue weighted by atomic mass is 32.1. The van der Waals surface area contributed by atoms with E-state index in [0.29, 0.717) is 17.2 Å². The highest BCUT2D eigenvalue weighted by molar-refractivity contribution is 7.20. The molecular formula is C18H18N6OS. The molecule has 4 rings (SSSR count). The largest absolute Gasteiger partial charge is 0.348 e. The first-order valence-corrected chi connectivity index (χ1v) is 9.11. The van der Waals surface area contributed by atoms with Gasteiger partial charge in [0.25, 0.3) is 5.56 Å². The quantitative estimate of drug-likeness (QED) is 0.532. The number of H-pyrrole nitrogens is 2. The first-order chi connectivity index (χ1) is 12.6. The molecule has 0 amide bonds. The molecule has 4 aromatic rings. The Balaban J connectivity index is 1.64. The minimum atomic E-state index is -0.121. The summed E-state index contributed by atoms with van der Waals surface area (Å²) in [7, 11) is 0. The molecule has 0 aliphatic rings. The van der Waals surface area contributed by atoms with Crippen molar-refractivity contribution in [3.8, 4) is 5.13 Å². The molecule has 26 heavy (non-hydrogen) atoms. The number of aromatic nitrogens is 5. The summed E-state index contributed by atoms with van der Waals surface area (Å²) in [4.78, 5) is 29.1. The average molecular weight is 366 g/mol. The van der Waals surface area contributed by atoms with Crippen molar-refractivity contribution in [2.75, 3.05) is 6.54 Å². The average Bonchev–Trinajstić information content (AvgIpc) is 3.33. The molecule has 3 heterocycles. The molecule has 0 saturated heterocycles. The van der Waals surface area contributed by atoms with E-state index in [-0.39, 0.29) is 5.56 Å². The fraction of sp³-hybridized carbons (Fsp3) is 0.222. The van der Waals surface area contributed by atoms with Gasteiger partial charge in [0.15, 0.2) is 0 Å². The fourth-order valence-corrected chi connectivity index (χ4v) is 3.83. The van der Waals surface area contributed by atoms with Crippen LogP contribution in [0.15, 0.2) is 46.6 Å². The van der Waals surface area contributed by atoms with Crippen LogP contribution in [0.2, 0.25) is 0 Å². The lowest BCUT2D eigenvalue weighted by Crippen LogP contribution is -2.19. The van der Waals surface area contributed by atoms with Crippen molar-refractivity contribution in [3.05, 3.63) is 64.1 Å². The summed E-state index contributed by atoms with van der Waals surface area (Å²) in [5, 5.41) is 3.77. The van der Waals surface area contributed by atoms with Crippen LogP contribution in [0.4, 0.5) is 0 Å². The minimum absolute atomic E-state index is 0.121. The summed E-state index contributed by atoms with van der Waals surface area (Å²) < 4.78 is 2.55. The molecular weight excluding hydrogens is 348 g/mol. The zero-order chi connectivity index (χ0) is 18.1. The maximum absolute atomic E-state index is 12.9. The first-order valence-electron chi connectivity index (χ1n) is 8.29. The summed E-state index contributed by atoms with van der Waals surface area (Å²) in [6, 6.07) is 7.85. The van der Waals surface area contributed by atoms with E-state index in [4.69, 9.17) is 0 Å². The van der Waals surface area contributed by atoms with E-state index in [1.807, 2.05) is 38.1 Å². The van der Waals surface area contributed by atoms with Gasteiger partial charge in [0, 0.05) is 36.3 Å². The Labute approximate surface area is 153 Å². The third-order valence-corrected chi connectivity index (χ3v) is 5.21. The van der Waals surface area contributed by atoms with Gasteiger partial charge in [-0.05, 0) is 26.0 Å². The van der Waals surface area contributed by atoms with E-state index >= 15 is 0 Å². The van der Waals surface area contributed by atoms with E-state index in [2.05, 4.69) is 25.0 Å². The number of imidazole rings is 1. The molecule has 0 aliphatic carbocycles. The SMILES string of the molecule is CC(=NCCc1cnc[nH]1)c1c(C)[nH]n(-c2nc3ccccc3s2)c1=O. The summed E-state index contributed by atoms with van der Waals surface area (Å²) in [6.07, 6.45) is 4.19. The lowest BCUT2D eigenvalue weighted by molar-refractivity contribution is 0.829. The lowest BCUT2D eigenvalue weighted by Gasteiger charge is -1.98. The predicted molar refractivity (Wildman–Crippen MR) is 104 cm³/mol. The fourth-order valence-electron chi connectivity index (χ4n) is 2.91. The van der Waals surface area contributed by atoms with Crippen molar-refractivity contribution in [2.24, 2.45) is 4.99 Å². The molecule has 0 spiro atoms. The number of fused-ring (bicyclic) bond motifs is 1. The lowest BCUT2D eigenvalue weighted by atomic mass is 10.2. The van der Waals surface area contributed by atoms with E-state index in [0.717, 1.165) is 33.7 Å². The summed E-state index contributed by atoms with van der Waals surface area (Å²) >= 11 is 1.48. The molecule has 0 saturated carbocycles. The Morgan fingerprint density at radius 1 is 1.35 bits per heavy atom. The van der Waals surface area contributed by atoms with Crippen LogP contribution in [-0.2, 0) is 6.42 Å². The molecule has 2 N–H and O–H groups in total. The number of thiazole rings is 1. The van der Waals surface area contributed by atoms with Gasteiger partial charge in [-0.25, -0.2) is 9.97 Å². The van der Waals surface area contributed by atoms with Gasteiger partial charge >= 0.3 is 0 Å². The number of nitrogens with zero attached hydrogens (tertiary/aromatic N) is 4. The molecule has 0 unspecified atom stereocenters. The number of rotatable bonds is 5. The van der Waals surface area contributed by atoms with Crippen molar-refractivity contribution < 1.29 is 0 Å². The number of aromatic amines is 2. The number of para-hydroxylation sites is 1. The second-order valence-electron chi connectivity index (χ2n) is 6.01. The number of benzene rings is 1. The van der Waals surface area contributed by atoms with Gasteiger partial charge in [-0.2, -0.15) is 4.68 Å². The molecule has 0 atom stereocenters. The number of aryl methyl sites for hydroxylation is 1. The predicted octanol–water partition coefficient (Wildman–Crippen LogP) is 2.86. The number of nitrogens with one attached hydrogen (secondary N) is 2. The molecule has 0 radical (unpaired) electrons. The van der Waals surface area contributed by atoms with Crippen LogP contribution in [0.25, 0.3) is 15.3 Å². The number of aliphatic imine (C=N–C) groups is 1. The molecule has 7 nitrogen and oxygen atoms in total. The van der Waals surface area contributed by atoms with Crippen LogP contribution in [-0.4, -0.2) is 37.0 Å². The van der Waals surface area contributed by atoms with Gasteiger partial charge < -0.3 is 4.98 Å². The van der Waals surface area contributed by atoms with E-state index in [9.17, 15) is 4.79 Å². The van der Waals surface area contributed by atoms with Crippen LogP contribution >= 0.6 is 11.3 Å². The van der Waals surface area contributed by atoms with E-state index in [1.54, 1.807) is 12.5 Å². The number of hydrogen-bond donors (Lipinski definition) is 2. The van der Waals surface area contributed by atoms with Crippen LogP contribution < -0.4 is 5.56 Å². The van der Waals surface area contributed by atoms with Gasteiger partial charge in [0.05, 0.1) is 22.1 Å². The Kier molecular flexibility index (Phi) is 4.26. The van der Waals surface area contributed by atoms with Crippen molar-refractivity contribution >= 4 is 27.3 Å². The van der Waals surface area contributed by atoms with Gasteiger partial charge in [-0.1, -0.05) is 23.5 Å². The molecule has 3 aromatic heterocycles. The standard InChI is InChI=1S/C18H18N6OS/c1-11(20-8-7-13-9-19-10-21-13)16-12(2)23-24(17(16)25)18-22-14-5-3-4-6-15(14)26-18/h3-6,9-10,23H,7-8H2,1-2H3,(H,19,21). The molecule has 0 bridgehead atoms. The number of hydrogen-bond acceptors (Lipinski definition) is 5. The second kappa shape index (κ2) is 6.72. The van der Waals surface area contributed by atoms with Crippen molar-refractivity contribution in [3.63, 3.8) is 0 Å². The summed E-state index contributed by atoms with van der Waals surface area (Å²) in [5.74, 6) is 0. The van der Waals surface area contributed by atoms with Crippen molar-refractivity contribution in [1.29, 1.82) is 0 Å². The van der Waals surface area contributed by atoms with E-state index in [1.165, 1.54) is 16.0 Å². The topological polar surface area (TPSA) is 91.7 Å². The minimum Gasteiger partial charge on any atom is -0.348 e. The van der Waals surface area contributed by atoms with Crippen LogP contribution in [0, 0.1) is 6.92 Å². The highest BCUT2D eigenvalue weighted by Crippen LogP contribution is 2.23. The van der Waals surface area contributed by atoms with Gasteiger partial charge in [-0.3, -0.25) is 14.9 Å². The smallest absolute Gasteiger partial charge is 0.282 e. The van der Waals surface area contributed by atoms with Crippen LogP contribution in [0.3, 0.4) is 0 Å². The second-order valence-corrected chi connectivity index (χ2v) is 7.02. The summed E-state index contributed by atoms with van der Waals surface area (Å²) in [6.45, 7) is 4.35. The Hall–Kier alpha value is -3.00. The molecule has 8 heteroatoms. The molecule has 1 aromatic carbocycles. The third-order valence-electron chi connectivity index (χ3n) is 4.19. The zero-order valence-corrected chi connectivity index (χ0v) is 15.3. The first kappa shape index (κ1) is 16.5. The van der Waals surface area contributed by atoms with Gasteiger partial charge in [-0.15, -0.1) is 0 Å². The Morgan fingerprint density at radius 2 is 2.19 bits per heavy atom. The van der Waals surface area contributed by atoms with E-state index < -0.39 is 0 Å². The van der Waals surface area contributed by atoms with Gasteiger partial charge in [0.2, 0.25) is 5.13 Å².